The van der Waals surface area contributed by atoms with E-state index < -0.39 is 38.0 Å². The first-order valence-corrected chi connectivity index (χ1v) is 11.5. The molecule has 1 fully saturated rings. The van der Waals surface area contributed by atoms with E-state index in [-0.39, 0.29) is 19.0 Å². The number of carboxylic acid groups (broad SMARTS) is 1. The normalized spacial score (nSPS) is 21.1. The van der Waals surface area contributed by atoms with Crippen LogP contribution in [0.5, 0.6) is 5.75 Å². The highest BCUT2D eigenvalue weighted by atomic mass is 31.2. The molecule has 0 unspecified atom stereocenters. The van der Waals surface area contributed by atoms with Crippen molar-refractivity contribution >= 4 is 13.7 Å². The van der Waals surface area contributed by atoms with E-state index in [9.17, 15) is 19.3 Å². The van der Waals surface area contributed by atoms with Crippen LogP contribution in [0.1, 0.15) is 30.0 Å². The number of carbonyl (C=O) groups is 1. The van der Waals surface area contributed by atoms with Gasteiger partial charge in [-0.15, -0.1) is 0 Å². The zero-order valence-corrected chi connectivity index (χ0v) is 19.1. The van der Waals surface area contributed by atoms with Crippen LogP contribution in [-0.2, 0) is 23.4 Å². The highest BCUT2D eigenvalue weighted by molar-refractivity contribution is 7.52. The molecule has 0 aliphatic carbocycles. The minimum absolute atomic E-state index is 0.0557. The third-order valence-electron chi connectivity index (χ3n) is 4.78. The van der Waals surface area contributed by atoms with Gasteiger partial charge in [-0.1, -0.05) is 17.7 Å². The number of aryl methyl sites for hydroxylation is 3. The molecule has 2 aromatic rings. The minimum Gasteiger partial charge on any atom is -0.480 e. The quantitative estimate of drug-likeness (QED) is 0.528. The fraction of sp³-hybridized carbons (Fsp3) is 0.450. The second-order valence-corrected chi connectivity index (χ2v) is 9.13. The Balaban J connectivity index is 1.68. The van der Waals surface area contributed by atoms with Gasteiger partial charge in [-0.25, -0.2) is 9.36 Å². The molecule has 1 saturated heterocycles. The number of aromatic nitrogens is 2. The molecule has 4 atom stereocenters. The highest BCUT2D eigenvalue weighted by Gasteiger charge is 2.35. The Morgan fingerprint density at radius 2 is 2.03 bits per heavy atom. The van der Waals surface area contributed by atoms with Gasteiger partial charge in [0.05, 0.1) is 6.61 Å². The molecule has 0 saturated carbocycles. The molecule has 32 heavy (non-hydrogen) atoms. The molecule has 1 aromatic heterocycles. The van der Waals surface area contributed by atoms with Gasteiger partial charge in [0.1, 0.15) is 18.4 Å². The summed E-state index contributed by atoms with van der Waals surface area (Å²) < 4.78 is 36.7. The number of aliphatic carboxylic acids is 1. The molecule has 1 aliphatic rings. The van der Waals surface area contributed by atoms with Crippen molar-refractivity contribution in [2.24, 2.45) is 0 Å². The van der Waals surface area contributed by atoms with Crippen LogP contribution < -0.4 is 15.3 Å². The minimum atomic E-state index is -4.11. The zero-order chi connectivity index (χ0) is 23.5. The number of ether oxygens (including phenoxy) is 2. The maximum absolute atomic E-state index is 13.2. The molecule has 1 aliphatic heterocycles. The predicted molar refractivity (Wildman–Crippen MR) is 113 cm³/mol. The maximum atomic E-state index is 13.2. The van der Waals surface area contributed by atoms with Gasteiger partial charge in [-0.2, -0.15) is 10.1 Å². The summed E-state index contributed by atoms with van der Waals surface area (Å²) >= 11 is 0. The number of nitrogens with one attached hydrogen (secondary N) is 1. The van der Waals surface area contributed by atoms with Crippen LogP contribution in [0.2, 0.25) is 0 Å². The number of rotatable bonds is 9. The Kier molecular flexibility index (Phi) is 7.47. The molecule has 174 valence electrons. The van der Waals surface area contributed by atoms with Crippen LogP contribution in [-0.4, -0.2) is 46.2 Å². The summed E-state index contributed by atoms with van der Waals surface area (Å²) in [4.78, 5) is 27.3. The zero-order valence-electron chi connectivity index (χ0n) is 18.2. The van der Waals surface area contributed by atoms with Crippen LogP contribution in [0.25, 0.3) is 0 Å². The van der Waals surface area contributed by atoms with Gasteiger partial charge in [-0.3, -0.25) is 13.9 Å². The van der Waals surface area contributed by atoms with Gasteiger partial charge in [0.25, 0.3) is 0 Å². The molecular weight excluding hydrogens is 441 g/mol. The number of nitrogens with zero attached hydrogens (tertiary/aromatic N) is 2. The van der Waals surface area contributed by atoms with E-state index in [2.05, 4.69) is 10.1 Å². The summed E-state index contributed by atoms with van der Waals surface area (Å²) in [6.07, 6.45) is -0.0553. The average molecular weight is 467 g/mol. The van der Waals surface area contributed by atoms with Crippen molar-refractivity contribution in [1.29, 1.82) is 0 Å². The molecule has 0 amide bonds. The molecular formula is C20H26N3O8P. The van der Waals surface area contributed by atoms with E-state index in [0.717, 1.165) is 11.1 Å². The molecule has 0 bridgehead atoms. The van der Waals surface area contributed by atoms with Gasteiger partial charge in [-0.05, 0) is 45.4 Å². The summed E-state index contributed by atoms with van der Waals surface area (Å²) in [5.74, 6) is -0.987. The first kappa shape index (κ1) is 24.1. The average Bonchev–Trinajstić information content (AvgIpc) is 3.20. The Morgan fingerprint density at radius 3 is 2.69 bits per heavy atom. The molecule has 2 N–H and O–H groups in total. The van der Waals surface area contributed by atoms with Gasteiger partial charge >= 0.3 is 19.4 Å². The molecule has 0 radical (unpaired) electrons. The summed E-state index contributed by atoms with van der Waals surface area (Å²) in [6, 6.07) is 5.49. The third kappa shape index (κ3) is 6.02. The van der Waals surface area contributed by atoms with Crippen molar-refractivity contribution in [3.8, 4) is 5.75 Å². The van der Waals surface area contributed by atoms with Crippen molar-refractivity contribution in [2.45, 2.75) is 46.3 Å². The summed E-state index contributed by atoms with van der Waals surface area (Å²) in [5, 5.41) is 11.6. The Bertz CT molecular complexity index is 1070. The van der Waals surface area contributed by atoms with Gasteiger partial charge in [0.2, 0.25) is 0 Å². The van der Waals surface area contributed by atoms with Crippen LogP contribution in [0, 0.1) is 20.8 Å². The Labute approximate surface area is 184 Å². The van der Waals surface area contributed by atoms with Gasteiger partial charge in [0, 0.05) is 11.9 Å². The number of hydrogen-bond acceptors (Lipinski definition) is 8. The first-order valence-electron chi connectivity index (χ1n) is 9.91. The fourth-order valence-electron chi connectivity index (χ4n) is 2.81. The second-order valence-electron chi connectivity index (χ2n) is 7.44. The number of hydrogen-bond donors (Lipinski definition) is 2. The summed E-state index contributed by atoms with van der Waals surface area (Å²) in [6.45, 7) is 6.48. The van der Waals surface area contributed by atoms with E-state index >= 15 is 0 Å². The first-order chi connectivity index (χ1) is 15.1. The highest BCUT2D eigenvalue weighted by Crippen LogP contribution is 2.45. The Morgan fingerprint density at radius 1 is 1.34 bits per heavy atom. The molecule has 11 nitrogen and oxygen atoms in total. The van der Waals surface area contributed by atoms with Crippen LogP contribution in [0.15, 0.2) is 35.3 Å². The van der Waals surface area contributed by atoms with Gasteiger partial charge in [0.15, 0.2) is 12.5 Å². The molecule has 1 aromatic carbocycles. The molecule has 3 rings (SSSR count). The molecule has 12 heteroatoms. The largest absolute Gasteiger partial charge is 0.480 e. The third-order valence-corrected chi connectivity index (χ3v) is 6.42. The lowest BCUT2D eigenvalue weighted by Gasteiger charge is -2.23. The van der Waals surface area contributed by atoms with E-state index in [1.54, 1.807) is 37.4 Å². The van der Waals surface area contributed by atoms with Crippen LogP contribution in [0.3, 0.4) is 0 Å². The second kappa shape index (κ2) is 9.93. The van der Waals surface area contributed by atoms with E-state index in [4.69, 9.17) is 18.5 Å². The van der Waals surface area contributed by atoms with Crippen molar-refractivity contribution in [2.75, 3.05) is 13.2 Å². The van der Waals surface area contributed by atoms with Crippen molar-refractivity contribution < 1.29 is 33.0 Å². The lowest BCUT2D eigenvalue weighted by atomic mass is 10.2. The van der Waals surface area contributed by atoms with Crippen LogP contribution in [0.4, 0.5) is 0 Å². The lowest BCUT2D eigenvalue weighted by molar-refractivity contribution is -0.138. The van der Waals surface area contributed by atoms with E-state index in [1.807, 2.05) is 13.8 Å². The van der Waals surface area contributed by atoms with Crippen molar-refractivity contribution in [3.63, 3.8) is 0 Å². The van der Waals surface area contributed by atoms with E-state index in [1.165, 1.54) is 11.5 Å². The number of carboxylic acids is 1. The summed E-state index contributed by atoms with van der Waals surface area (Å²) in [5.41, 5.74) is 1.93. The van der Waals surface area contributed by atoms with E-state index in [0.29, 0.717) is 5.69 Å². The molecule has 2 heterocycles. The number of benzene rings is 1. The van der Waals surface area contributed by atoms with Crippen molar-refractivity contribution in [1.82, 2.24) is 14.6 Å². The smallest absolute Gasteiger partial charge is 0.459 e. The predicted octanol–water partition coefficient (Wildman–Crippen LogP) is 2.31. The van der Waals surface area contributed by atoms with Crippen molar-refractivity contribution in [3.05, 3.63) is 57.8 Å². The fourth-order valence-corrected chi connectivity index (χ4v) is 4.29. The van der Waals surface area contributed by atoms with Gasteiger partial charge < -0.3 is 19.1 Å². The topological polar surface area (TPSA) is 138 Å². The maximum Gasteiger partial charge on any atom is 0.459 e. The molecule has 0 spiro atoms. The lowest BCUT2D eigenvalue weighted by Crippen LogP contribution is -2.34. The SMILES string of the molecule is Cc1ccc(O[P@](=O)(N[C@@H](C)C(=O)O)OC[C@H]2OC[C@@H](n3cc(C)c(C)nc3=O)O2)cc1. The Hall–Kier alpha value is -2.56. The summed E-state index contributed by atoms with van der Waals surface area (Å²) in [7, 11) is -4.11. The standard InChI is InChI=1S/C20H26N3O8P/c1-12-5-7-16(8-6-12)31-32(27,22-15(4)19(24)25)29-11-18-28-10-17(30-18)23-9-13(2)14(3)21-20(23)26/h5-9,15,17-18H,10-11H2,1-4H3,(H,22,27)(H,24,25)/t15-,17-,18-,32-/m0/s1. The monoisotopic (exact) mass is 467 g/mol. The van der Waals surface area contributed by atoms with Crippen LogP contribution >= 0.6 is 7.75 Å².